The average molecular weight is 750 g/mol. The Morgan fingerprint density at radius 3 is 1.64 bits per heavy atom. The van der Waals surface area contributed by atoms with Crippen LogP contribution in [0.3, 0.4) is 0 Å². The van der Waals surface area contributed by atoms with Gasteiger partial charge in [0.15, 0.2) is 0 Å². The molecule has 1 heteroatoms. The van der Waals surface area contributed by atoms with E-state index in [0.717, 1.165) is 11.4 Å². The number of benzene rings is 8. The molecule has 0 heterocycles. The molecule has 8 aromatic carbocycles. The first-order valence-corrected chi connectivity index (χ1v) is 21.0. The summed E-state index contributed by atoms with van der Waals surface area (Å²) >= 11 is 0. The van der Waals surface area contributed by atoms with Crippen molar-refractivity contribution in [2.24, 2.45) is 0 Å². The lowest BCUT2D eigenvalue weighted by Crippen LogP contribution is -2.33. The highest BCUT2D eigenvalue weighted by Gasteiger charge is 2.38. The highest BCUT2D eigenvalue weighted by atomic mass is 15.1. The number of hydrogen-bond acceptors (Lipinski definition) is 1. The van der Waals surface area contributed by atoms with E-state index in [2.05, 4.69) is 222 Å². The van der Waals surface area contributed by atoms with Gasteiger partial charge in [0.25, 0.3) is 0 Å². The zero-order valence-corrected chi connectivity index (χ0v) is 34.6. The Morgan fingerprint density at radius 2 is 0.897 bits per heavy atom. The number of nitrogens with zero attached hydrogens (tertiary/aromatic N) is 1. The number of rotatable bonds is 6. The monoisotopic (exact) mass is 749 g/mol. The molecule has 2 aliphatic carbocycles. The van der Waals surface area contributed by atoms with Crippen LogP contribution in [0.2, 0.25) is 0 Å². The first-order valence-electron chi connectivity index (χ1n) is 21.0. The maximum atomic E-state index is 2.48. The molecule has 0 fully saturated rings. The van der Waals surface area contributed by atoms with Gasteiger partial charge in [-0.2, -0.15) is 0 Å². The minimum absolute atomic E-state index is 0.139. The van der Waals surface area contributed by atoms with Crippen LogP contribution in [0.15, 0.2) is 176 Å². The molecular formula is C57H51N. The fraction of sp³-hybridized carbons (Fsp3) is 0.193. The Bertz CT molecular complexity index is 2840. The van der Waals surface area contributed by atoms with E-state index in [4.69, 9.17) is 0 Å². The van der Waals surface area contributed by atoms with Gasteiger partial charge in [0, 0.05) is 22.4 Å². The van der Waals surface area contributed by atoms with Crippen molar-refractivity contribution in [2.45, 2.75) is 70.6 Å². The standard InChI is InChI=1S/C57H51N/c1-55(2)32-33-56(3,4)53-35-44(28-31-51(53)55)39-20-23-41(24-21-39)48-36-49-47-18-12-13-19-50(47)57(5,6)52(49)37-54(48)58(45-16-8-7-9-17-45)46-29-26-40(27-30-46)43-25-22-38-14-10-11-15-42(38)34-43/h7-31,34-37H,32-33H2,1-6H3. The van der Waals surface area contributed by atoms with Crippen molar-refractivity contribution in [1.29, 1.82) is 0 Å². The van der Waals surface area contributed by atoms with E-state index in [9.17, 15) is 0 Å². The smallest absolute Gasteiger partial charge is 0.0543 e. The summed E-state index contributed by atoms with van der Waals surface area (Å²) in [4.78, 5) is 2.46. The summed E-state index contributed by atoms with van der Waals surface area (Å²) in [6.07, 6.45) is 2.43. The third-order valence-electron chi connectivity index (χ3n) is 13.5. The van der Waals surface area contributed by atoms with Gasteiger partial charge in [-0.25, -0.2) is 0 Å². The molecule has 0 saturated carbocycles. The van der Waals surface area contributed by atoms with Gasteiger partial charge < -0.3 is 4.90 Å². The van der Waals surface area contributed by atoms with E-state index in [-0.39, 0.29) is 16.2 Å². The Balaban J connectivity index is 1.12. The van der Waals surface area contributed by atoms with Crippen molar-refractivity contribution >= 4 is 27.8 Å². The molecule has 10 rings (SSSR count). The molecule has 0 amide bonds. The van der Waals surface area contributed by atoms with Gasteiger partial charge in [-0.05, 0) is 138 Å². The molecular weight excluding hydrogens is 699 g/mol. The molecule has 0 aromatic heterocycles. The van der Waals surface area contributed by atoms with Crippen LogP contribution in [0.4, 0.5) is 17.1 Å². The van der Waals surface area contributed by atoms with Crippen molar-refractivity contribution in [2.75, 3.05) is 4.90 Å². The van der Waals surface area contributed by atoms with Crippen LogP contribution in [0, 0.1) is 0 Å². The quantitative estimate of drug-likeness (QED) is 0.164. The first kappa shape index (κ1) is 36.2. The summed E-state index contributed by atoms with van der Waals surface area (Å²) in [5, 5.41) is 2.52. The lowest BCUT2D eigenvalue weighted by atomic mass is 9.63. The molecule has 0 radical (unpaired) electrons. The van der Waals surface area contributed by atoms with Gasteiger partial charge in [0.05, 0.1) is 5.69 Å². The molecule has 0 aliphatic heterocycles. The normalized spacial score (nSPS) is 15.7. The van der Waals surface area contributed by atoms with E-state index in [0.29, 0.717) is 0 Å². The van der Waals surface area contributed by atoms with Gasteiger partial charge >= 0.3 is 0 Å². The topological polar surface area (TPSA) is 3.24 Å². The lowest BCUT2D eigenvalue weighted by molar-refractivity contribution is 0.332. The summed E-state index contributed by atoms with van der Waals surface area (Å²) in [5.41, 5.74) is 19.4. The van der Waals surface area contributed by atoms with Crippen molar-refractivity contribution < 1.29 is 0 Å². The summed E-state index contributed by atoms with van der Waals surface area (Å²) in [6, 6.07) is 65.8. The predicted octanol–water partition coefficient (Wildman–Crippen LogP) is 16.0. The first-order chi connectivity index (χ1) is 28.0. The van der Waals surface area contributed by atoms with Crippen LogP contribution in [0.25, 0.3) is 55.3 Å². The van der Waals surface area contributed by atoms with Crippen LogP contribution in [-0.2, 0) is 16.2 Å². The van der Waals surface area contributed by atoms with Crippen molar-refractivity contribution in [3.63, 3.8) is 0 Å². The molecule has 0 unspecified atom stereocenters. The zero-order chi connectivity index (χ0) is 39.8. The summed E-state index contributed by atoms with van der Waals surface area (Å²) in [7, 11) is 0. The highest BCUT2D eigenvalue weighted by Crippen LogP contribution is 2.54. The second-order valence-electron chi connectivity index (χ2n) is 18.5. The van der Waals surface area contributed by atoms with Crippen LogP contribution >= 0.6 is 0 Å². The van der Waals surface area contributed by atoms with E-state index in [1.165, 1.54) is 96.1 Å². The molecule has 0 saturated heterocycles. The number of anilines is 3. The third kappa shape index (κ3) is 5.99. The molecule has 0 N–H and O–H groups in total. The van der Waals surface area contributed by atoms with E-state index in [1.54, 1.807) is 0 Å². The van der Waals surface area contributed by atoms with Crippen LogP contribution in [-0.4, -0.2) is 0 Å². The maximum absolute atomic E-state index is 2.48. The summed E-state index contributed by atoms with van der Waals surface area (Å²) in [6.45, 7) is 14.4. The number of para-hydroxylation sites is 1. The summed E-state index contributed by atoms with van der Waals surface area (Å²) in [5.74, 6) is 0. The average Bonchev–Trinajstić information content (AvgIpc) is 3.47. The van der Waals surface area contributed by atoms with Gasteiger partial charge in [-0.1, -0.05) is 175 Å². The van der Waals surface area contributed by atoms with Crippen LogP contribution in [0.1, 0.15) is 76.6 Å². The molecule has 284 valence electrons. The van der Waals surface area contributed by atoms with Crippen LogP contribution in [0.5, 0.6) is 0 Å². The molecule has 2 aliphatic rings. The molecule has 1 nitrogen and oxygen atoms in total. The highest BCUT2D eigenvalue weighted by molar-refractivity contribution is 5.95. The van der Waals surface area contributed by atoms with E-state index in [1.807, 2.05) is 0 Å². The summed E-state index contributed by atoms with van der Waals surface area (Å²) < 4.78 is 0. The Morgan fingerprint density at radius 1 is 0.345 bits per heavy atom. The molecule has 8 aromatic rings. The number of fused-ring (bicyclic) bond motifs is 5. The Kier molecular flexibility index (Phi) is 8.39. The second kappa shape index (κ2) is 13.5. The van der Waals surface area contributed by atoms with Gasteiger partial charge in [0.1, 0.15) is 0 Å². The van der Waals surface area contributed by atoms with Crippen molar-refractivity contribution in [3.8, 4) is 44.5 Å². The SMILES string of the molecule is CC1(C)CCC(C)(C)c2cc(-c3ccc(-c4cc5c(cc4N(c4ccccc4)c4ccc(-c6ccc7ccccc7c6)cc4)C(C)(C)c4ccccc4-5)cc3)ccc21. The van der Waals surface area contributed by atoms with Gasteiger partial charge in [0.2, 0.25) is 0 Å². The zero-order valence-electron chi connectivity index (χ0n) is 34.6. The van der Waals surface area contributed by atoms with Crippen molar-refractivity contribution in [3.05, 3.63) is 198 Å². The molecule has 0 bridgehead atoms. The van der Waals surface area contributed by atoms with Gasteiger partial charge in [-0.3, -0.25) is 0 Å². The van der Waals surface area contributed by atoms with Crippen molar-refractivity contribution in [1.82, 2.24) is 0 Å². The largest absolute Gasteiger partial charge is 0.310 e. The lowest BCUT2D eigenvalue weighted by Gasteiger charge is -2.42. The fourth-order valence-corrected chi connectivity index (χ4v) is 9.94. The predicted molar refractivity (Wildman–Crippen MR) is 248 cm³/mol. The second-order valence-corrected chi connectivity index (χ2v) is 18.5. The molecule has 0 spiro atoms. The minimum atomic E-state index is -0.139. The Labute approximate surface area is 344 Å². The Hall–Kier alpha value is -6.18. The van der Waals surface area contributed by atoms with E-state index < -0.39 is 0 Å². The fourth-order valence-electron chi connectivity index (χ4n) is 9.94. The van der Waals surface area contributed by atoms with Gasteiger partial charge in [-0.15, -0.1) is 0 Å². The third-order valence-corrected chi connectivity index (χ3v) is 13.5. The van der Waals surface area contributed by atoms with Crippen LogP contribution < -0.4 is 4.90 Å². The number of hydrogen-bond donors (Lipinski definition) is 0. The van der Waals surface area contributed by atoms with E-state index >= 15 is 0 Å². The minimum Gasteiger partial charge on any atom is -0.310 e. The molecule has 58 heavy (non-hydrogen) atoms. The molecule has 0 atom stereocenters. The maximum Gasteiger partial charge on any atom is 0.0543 e.